The summed E-state index contributed by atoms with van der Waals surface area (Å²) in [7, 11) is 2.16. The molecule has 0 saturated heterocycles. The average molecular weight is 348 g/mol. The first-order valence-corrected chi connectivity index (χ1v) is 9.34. The Hall–Kier alpha value is -1.75. The molecule has 1 aliphatic heterocycles. The summed E-state index contributed by atoms with van der Waals surface area (Å²) in [4.78, 5) is 16.1. The zero-order valence-corrected chi connectivity index (χ0v) is 16.0. The van der Waals surface area contributed by atoms with Gasteiger partial charge in [0.25, 0.3) is 0 Å². The number of rotatable bonds is 7. The Morgan fingerprint density at radius 3 is 2.56 bits per heavy atom. The number of likely N-dealkylation sites (N-methyl/N-ethyl adjacent to an activating group) is 1. The monoisotopic (exact) mass is 348 g/mol. The van der Waals surface area contributed by atoms with E-state index in [9.17, 15) is 9.90 Å². The normalized spacial score (nSPS) is 22.0. The topological polar surface area (TPSA) is 53.0 Å². The number of hydrogen-bond donors (Lipinski definition) is 1. The molecule has 5 nitrogen and oxygen atoms in total. The minimum atomic E-state index is -0.365. The van der Waals surface area contributed by atoms with Gasteiger partial charge in [0.1, 0.15) is 12.4 Å². The van der Waals surface area contributed by atoms with E-state index in [1.165, 1.54) is 37.0 Å². The van der Waals surface area contributed by atoms with E-state index in [0.717, 1.165) is 6.42 Å². The summed E-state index contributed by atoms with van der Waals surface area (Å²) in [5, 5.41) is 9.19. The van der Waals surface area contributed by atoms with Crippen LogP contribution in [0.5, 0.6) is 0 Å². The molecule has 1 saturated carbocycles. The van der Waals surface area contributed by atoms with Crippen LogP contribution < -0.4 is 0 Å². The number of carbonyl (C=O) groups excluding carboxylic acids is 1. The molecule has 1 unspecified atom stereocenters. The average Bonchev–Trinajstić information content (AvgIpc) is 3.28. The van der Waals surface area contributed by atoms with E-state index in [1.54, 1.807) is 11.8 Å². The number of amides is 1. The van der Waals surface area contributed by atoms with Crippen molar-refractivity contribution in [2.24, 2.45) is 0 Å². The van der Waals surface area contributed by atoms with Crippen molar-refractivity contribution in [3.63, 3.8) is 0 Å². The van der Waals surface area contributed by atoms with E-state index in [0.29, 0.717) is 18.2 Å². The maximum Gasteiger partial charge on any atom is 0.226 e. The first kappa shape index (κ1) is 19.6. The van der Waals surface area contributed by atoms with Gasteiger partial charge in [-0.2, -0.15) is 0 Å². The van der Waals surface area contributed by atoms with Gasteiger partial charge in [0, 0.05) is 38.3 Å². The lowest BCUT2D eigenvalue weighted by Crippen LogP contribution is -2.35. The lowest BCUT2D eigenvalue weighted by molar-refractivity contribution is -0.134. The van der Waals surface area contributed by atoms with Crippen molar-refractivity contribution in [1.29, 1.82) is 0 Å². The largest absolute Gasteiger partial charge is 0.472 e. The first-order valence-electron chi connectivity index (χ1n) is 9.34. The van der Waals surface area contributed by atoms with E-state index in [-0.39, 0.29) is 18.7 Å². The zero-order chi connectivity index (χ0) is 18.4. The number of hydrogen-bond acceptors (Lipinski definition) is 4. The van der Waals surface area contributed by atoms with Crippen molar-refractivity contribution >= 4 is 5.91 Å². The molecule has 0 aromatic heterocycles. The van der Waals surface area contributed by atoms with Crippen molar-refractivity contribution in [1.82, 2.24) is 9.80 Å². The summed E-state index contributed by atoms with van der Waals surface area (Å²) >= 11 is 0. The third kappa shape index (κ3) is 4.88. The molecule has 1 atom stereocenters. The van der Waals surface area contributed by atoms with E-state index in [2.05, 4.69) is 25.8 Å². The van der Waals surface area contributed by atoms with Gasteiger partial charge in [-0.25, -0.2) is 0 Å². The van der Waals surface area contributed by atoms with Crippen LogP contribution in [0.15, 0.2) is 35.4 Å². The number of aliphatic hydroxyl groups excluding tert-OH is 1. The van der Waals surface area contributed by atoms with Crippen molar-refractivity contribution in [3.05, 3.63) is 35.4 Å². The highest BCUT2D eigenvalue weighted by Crippen LogP contribution is 2.28. The zero-order valence-electron chi connectivity index (χ0n) is 16.0. The maximum atomic E-state index is 12.1. The summed E-state index contributed by atoms with van der Waals surface area (Å²) in [5.74, 6) is 0.471. The van der Waals surface area contributed by atoms with Gasteiger partial charge >= 0.3 is 0 Å². The third-order valence-electron chi connectivity index (χ3n) is 5.28. The maximum absolute atomic E-state index is 12.1. The van der Waals surface area contributed by atoms with E-state index in [4.69, 9.17) is 4.74 Å². The molecule has 1 aliphatic carbocycles. The standard InChI is InChI=1S/C20H32N2O3/c1-5-15(2)19(21(4)17-8-6-7-9-17)12-13-22(16(3)24)20-11-10-18(14-23)25-20/h10,12-13,17,20,23H,5-9,11,14H2,1-4H3/b13-12-,19-15?. The Balaban J connectivity index is 2.16. The van der Waals surface area contributed by atoms with Gasteiger partial charge < -0.3 is 14.7 Å². The smallest absolute Gasteiger partial charge is 0.226 e. The Morgan fingerprint density at radius 1 is 1.36 bits per heavy atom. The predicted octanol–water partition coefficient (Wildman–Crippen LogP) is 3.53. The van der Waals surface area contributed by atoms with Crippen LogP contribution in [0.3, 0.4) is 0 Å². The summed E-state index contributed by atoms with van der Waals surface area (Å²) in [6, 6.07) is 0.581. The van der Waals surface area contributed by atoms with Crippen molar-refractivity contribution in [3.8, 4) is 0 Å². The fraction of sp³-hybridized carbons (Fsp3) is 0.650. The van der Waals surface area contributed by atoms with Gasteiger partial charge in [-0.15, -0.1) is 0 Å². The predicted molar refractivity (Wildman–Crippen MR) is 99.3 cm³/mol. The molecule has 0 aromatic carbocycles. The van der Waals surface area contributed by atoms with Crippen LogP contribution in [0.1, 0.15) is 59.3 Å². The molecule has 2 rings (SSSR count). The highest BCUT2D eigenvalue weighted by molar-refractivity contribution is 5.74. The fourth-order valence-corrected chi connectivity index (χ4v) is 3.56. The lowest BCUT2D eigenvalue weighted by atomic mass is 10.1. The summed E-state index contributed by atoms with van der Waals surface area (Å²) in [5.41, 5.74) is 2.50. The second-order valence-electron chi connectivity index (χ2n) is 6.95. The van der Waals surface area contributed by atoms with E-state index in [1.807, 2.05) is 18.4 Å². The van der Waals surface area contributed by atoms with Crippen molar-refractivity contribution in [2.45, 2.75) is 71.6 Å². The summed E-state index contributed by atoms with van der Waals surface area (Å²) in [6.07, 6.45) is 12.0. The van der Waals surface area contributed by atoms with Gasteiger partial charge in [0.2, 0.25) is 5.91 Å². The highest BCUT2D eigenvalue weighted by atomic mass is 16.5. The molecule has 0 aromatic rings. The van der Waals surface area contributed by atoms with Crippen LogP contribution in [0.4, 0.5) is 0 Å². The number of ether oxygens (including phenoxy) is 1. The number of aliphatic hydroxyl groups is 1. The number of allylic oxidation sites excluding steroid dienone is 2. The van der Waals surface area contributed by atoms with Crippen molar-refractivity contribution in [2.75, 3.05) is 13.7 Å². The molecule has 25 heavy (non-hydrogen) atoms. The van der Waals surface area contributed by atoms with E-state index >= 15 is 0 Å². The van der Waals surface area contributed by atoms with Crippen LogP contribution in [0.25, 0.3) is 0 Å². The highest BCUT2D eigenvalue weighted by Gasteiger charge is 2.26. The fourth-order valence-electron chi connectivity index (χ4n) is 3.56. The molecule has 0 bridgehead atoms. The second kappa shape index (κ2) is 9.09. The molecule has 5 heteroatoms. The molecule has 0 spiro atoms. The quantitative estimate of drug-likeness (QED) is 0.715. The molecule has 140 valence electrons. The lowest BCUT2D eigenvalue weighted by Gasteiger charge is -2.30. The Kier molecular flexibility index (Phi) is 7.12. The van der Waals surface area contributed by atoms with Gasteiger partial charge in [0.15, 0.2) is 6.23 Å². The molecule has 1 N–H and O–H groups in total. The molecule has 1 amide bonds. The molecule has 1 heterocycles. The molecule has 0 radical (unpaired) electrons. The van der Waals surface area contributed by atoms with Crippen LogP contribution >= 0.6 is 0 Å². The van der Waals surface area contributed by atoms with Crippen LogP contribution in [-0.2, 0) is 9.53 Å². The second-order valence-corrected chi connectivity index (χ2v) is 6.95. The molecule has 2 aliphatic rings. The molecular formula is C20H32N2O3. The Labute approximate surface area is 151 Å². The minimum Gasteiger partial charge on any atom is -0.472 e. The summed E-state index contributed by atoms with van der Waals surface area (Å²) < 4.78 is 5.65. The summed E-state index contributed by atoms with van der Waals surface area (Å²) in [6.45, 7) is 5.73. The molecular weight excluding hydrogens is 316 g/mol. The first-order chi connectivity index (χ1) is 12.0. The number of carbonyl (C=O) groups is 1. The number of nitrogens with zero attached hydrogens (tertiary/aromatic N) is 2. The SMILES string of the molecule is CCC(C)=C(/C=C\N(C(C)=O)C1CC=C(CO)O1)N(C)C1CCCC1. The van der Waals surface area contributed by atoms with E-state index < -0.39 is 0 Å². The van der Waals surface area contributed by atoms with Gasteiger partial charge in [-0.05, 0) is 38.3 Å². The van der Waals surface area contributed by atoms with Gasteiger partial charge in [-0.1, -0.05) is 25.3 Å². The Morgan fingerprint density at radius 2 is 2.04 bits per heavy atom. The van der Waals surface area contributed by atoms with Crippen LogP contribution in [0, 0.1) is 0 Å². The van der Waals surface area contributed by atoms with Crippen LogP contribution in [0.2, 0.25) is 0 Å². The Bertz CT molecular complexity index is 559. The minimum absolute atomic E-state index is 0.0640. The third-order valence-corrected chi connectivity index (χ3v) is 5.28. The molecule has 1 fully saturated rings. The van der Waals surface area contributed by atoms with Crippen molar-refractivity contribution < 1.29 is 14.6 Å². The van der Waals surface area contributed by atoms with Gasteiger partial charge in [0.05, 0.1) is 0 Å². The van der Waals surface area contributed by atoms with Gasteiger partial charge in [-0.3, -0.25) is 9.69 Å². The van der Waals surface area contributed by atoms with Crippen LogP contribution in [-0.4, -0.2) is 46.7 Å².